The maximum atomic E-state index is 12.5. The van der Waals surface area contributed by atoms with Gasteiger partial charge < -0.3 is 4.90 Å². The zero-order valence-corrected chi connectivity index (χ0v) is 16.2. The first-order valence-corrected chi connectivity index (χ1v) is 10.1. The van der Waals surface area contributed by atoms with Gasteiger partial charge >= 0.3 is 0 Å². The molecule has 1 aliphatic heterocycles. The number of fused-ring (bicyclic) bond motifs is 1. The SMILES string of the molecule is CSc1nnc(-c2ccc3c(c2)CCC(=O)N3Cc2ccccc2)c(C)n1. The van der Waals surface area contributed by atoms with Crippen molar-refractivity contribution in [2.75, 3.05) is 11.2 Å². The molecule has 0 saturated heterocycles. The number of aromatic nitrogens is 3. The van der Waals surface area contributed by atoms with E-state index in [1.165, 1.54) is 11.8 Å². The number of benzene rings is 2. The number of carbonyl (C=O) groups excluding carboxylic acids is 1. The predicted octanol–water partition coefficient (Wildman–Crippen LogP) is 4.05. The quantitative estimate of drug-likeness (QED) is 0.643. The van der Waals surface area contributed by atoms with Crippen molar-refractivity contribution in [3.05, 3.63) is 65.4 Å². The van der Waals surface area contributed by atoms with E-state index < -0.39 is 0 Å². The molecule has 3 aromatic rings. The summed E-state index contributed by atoms with van der Waals surface area (Å²) in [5.74, 6) is 0.168. The molecule has 27 heavy (non-hydrogen) atoms. The minimum Gasteiger partial charge on any atom is -0.308 e. The van der Waals surface area contributed by atoms with Crippen LogP contribution in [0.4, 0.5) is 5.69 Å². The summed E-state index contributed by atoms with van der Waals surface area (Å²) in [7, 11) is 0. The van der Waals surface area contributed by atoms with Gasteiger partial charge in [-0.1, -0.05) is 48.2 Å². The molecule has 0 aliphatic carbocycles. The maximum Gasteiger partial charge on any atom is 0.227 e. The number of hydrogen-bond donors (Lipinski definition) is 0. The van der Waals surface area contributed by atoms with Gasteiger partial charge in [-0.2, -0.15) is 0 Å². The Kier molecular flexibility index (Phi) is 4.90. The maximum absolute atomic E-state index is 12.5. The van der Waals surface area contributed by atoms with Crippen molar-refractivity contribution in [3.8, 4) is 11.3 Å². The van der Waals surface area contributed by atoms with Crippen molar-refractivity contribution in [2.24, 2.45) is 0 Å². The van der Waals surface area contributed by atoms with Gasteiger partial charge in [0.15, 0.2) is 0 Å². The lowest BCUT2D eigenvalue weighted by molar-refractivity contribution is -0.119. The highest BCUT2D eigenvalue weighted by Crippen LogP contribution is 2.33. The van der Waals surface area contributed by atoms with Crippen LogP contribution in [0, 0.1) is 6.92 Å². The molecule has 2 aromatic carbocycles. The molecule has 0 radical (unpaired) electrons. The third-order valence-corrected chi connectivity index (χ3v) is 5.30. The first kappa shape index (κ1) is 17.7. The van der Waals surface area contributed by atoms with Crippen LogP contribution in [0.5, 0.6) is 0 Å². The first-order chi connectivity index (χ1) is 13.2. The molecule has 4 rings (SSSR count). The Balaban J connectivity index is 1.68. The molecule has 0 N–H and O–H groups in total. The van der Waals surface area contributed by atoms with Gasteiger partial charge in [0.2, 0.25) is 11.1 Å². The van der Waals surface area contributed by atoms with Gasteiger partial charge in [0.05, 0.1) is 12.2 Å². The third-order valence-electron chi connectivity index (χ3n) is 4.76. The highest BCUT2D eigenvalue weighted by Gasteiger charge is 2.25. The standard InChI is InChI=1S/C21H20N4OS/c1-14-20(23-24-21(22-14)27-2)17-8-10-18-16(12-17)9-11-19(26)25(18)13-15-6-4-3-5-7-15/h3-8,10,12H,9,11,13H2,1-2H3. The van der Waals surface area contributed by atoms with Crippen molar-refractivity contribution >= 4 is 23.4 Å². The van der Waals surface area contributed by atoms with Crippen LogP contribution in [0.2, 0.25) is 0 Å². The van der Waals surface area contributed by atoms with E-state index in [0.717, 1.165) is 40.2 Å². The number of anilines is 1. The van der Waals surface area contributed by atoms with Crippen molar-refractivity contribution in [3.63, 3.8) is 0 Å². The van der Waals surface area contributed by atoms with Gasteiger partial charge in [-0.3, -0.25) is 4.79 Å². The van der Waals surface area contributed by atoms with E-state index in [9.17, 15) is 4.79 Å². The van der Waals surface area contributed by atoms with Crippen LogP contribution in [0.25, 0.3) is 11.3 Å². The number of thioether (sulfide) groups is 1. The topological polar surface area (TPSA) is 59.0 Å². The van der Waals surface area contributed by atoms with Crippen LogP contribution in [0.3, 0.4) is 0 Å². The summed E-state index contributed by atoms with van der Waals surface area (Å²) in [5, 5.41) is 9.20. The Morgan fingerprint density at radius 1 is 1.07 bits per heavy atom. The normalized spacial score (nSPS) is 13.6. The van der Waals surface area contributed by atoms with Crippen LogP contribution in [-0.2, 0) is 17.8 Å². The third kappa shape index (κ3) is 3.57. The largest absolute Gasteiger partial charge is 0.308 e. The van der Waals surface area contributed by atoms with Gasteiger partial charge in [0.1, 0.15) is 5.69 Å². The molecule has 136 valence electrons. The minimum absolute atomic E-state index is 0.168. The lowest BCUT2D eigenvalue weighted by Crippen LogP contribution is -2.34. The molecule has 2 heterocycles. The van der Waals surface area contributed by atoms with Crippen LogP contribution < -0.4 is 4.90 Å². The number of nitrogens with zero attached hydrogens (tertiary/aromatic N) is 4. The summed E-state index contributed by atoms with van der Waals surface area (Å²) in [6, 6.07) is 16.2. The smallest absolute Gasteiger partial charge is 0.227 e. The van der Waals surface area contributed by atoms with Gasteiger partial charge in [-0.15, -0.1) is 10.2 Å². The number of carbonyl (C=O) groups is 1. The molecular weight excluding hydrogens is 356 g/mol. The highest BCUT2D eigenvalue weighted by atomic mass is 32.2. The van der Waals surface area contributed by atoms with Gasteiger partial charge in [0.25, 0.3) is 0 Å². The monoisotopic (exact) mass is 376 g/mol. The molecule has 5 nitrogen and oxygen atoms in total. The van der Waals surface area contributed by atoms with Gasteiger partial charge in [-0.25, -0.2) is 4.98 Å². The Bertz CT molecular complexity index is 991. The van der Waals surface area contributed by atoms with Crippen molar-refractivity contribution in [2.45, 2.75) is 31.5 Å². The fourth-order valence-corrected chi connectivity index (χ4v) is 3.73. The lowest BCUT2D eigenvalue weighted by atomic mass is 9.96. The summed E-state index contributed by atoms with van der Waals surface area (Å²) in [6.07, 6.45) is 3.21. The summed E-state index contributed by atoms with van der Waals surface area (Å²) >= 11 is 1.48. The average Bonchev–Trinajstić information content (AvgIpc) is 2.70. The molecule has 1 amide bonds. The molecule has 0 atom stereocenters. The van der Waals surface area contributed by atoms with E-state index in [4.69, 9.17) is 0 Å². The molecular formula is C21H20N4OS. The summed E-state index contributed by atoms with van der Waals surface area (Å²) in [4.78, 5) is 18.9. The van der Waals surface area contributed by atoms with Crippen LogP contribution in [0.15, 0.2) is 53.7 Å². The molecule has 1 aromatic heterocycles. The number of aryl methyl sites for hydroxylation is 2. The second-order valence-corrected chi connectivity index (χ2v) is 7.31. The summed E-state index contributed by atoms with van der Waals surface area (Å²) < 4.78 is 0. The number of hydrogen-bond acceptors (Lipinski definition) is 5. The Labute approximate surface area is 162 Å². The molecule has 0 spiro atoms. The van der Waals surface area contributed by atoms with Gasteiger partial charge in [-0.05, 0) is 42.9 Å². The molecule has 1 aliphatic rings. The fraction of sp³-hybridized carbons (Fsp3) is 0.238. The first-order valence-electron chi connectivity index (χ1n) is 8.88. The molecule has 0 unspecified atom stereocenters. The van der Waals surface area contributed by atoms with E-state index in [1.54, 1.807) is 0 Å². The Morgan fingerprint density at radius 2 is 1.89 bits per heavy atom. The van der Waals surface area contributed by atoms with Crippen LogP contribution in [-0.4, -0.2) is 27.3 Å². The summed E-state index contributed by atoms with van der Waals surface area (Å²) in [6.45, 7) is 2.54. The van der Waals surface area contributed by atoms with E-state index in [0.29, 0.717) is 18.1 Å². The zero-order chi connectivity index (χ0) is 18.8. The van der Waals surface area contributed by atoms with E-state index in [2.05, 4.69) is 21.2 Å². The molecule has 0 fully saturated rings. The van der Waals surface area contributed by atoms with Crippen LogP contribution in [0.1, 0.15) is 23.2 Å². The lowest BCUT2D eigenvalue weighted by Gasteiger charge is -2.30. The second-order valence-electron chi connectivity index (χ2n) is 6.54. The molecule has 6 heteroatoms. The average molecular weight is 376 g/mol. The Morgan fingerprint density at radius 3 is 2.63 bits per heavy atom. The summed E-state index contributed by atoms with van der Waals surface area (Å²) in [5.41, 5.74) is 5.93. The highest BCUT2D eigenvalue weighted by molar-refractivity contribution is 7.98. The van der Waals surface area contributed by atoms with Crippen LogP contribution >= 0.6 is 11.8 Å². The second kappa shape index (κ2) is 7.48. The van der Waals surface area contributed by atoms with Gasteiger partial charge in [0, 0.05) is 17.7 Å². The zero-order valence-electron chi connectivity index (χ0n) is 15.3. The van der Waals surface area contributed by atoms with Crippen molar-refractivity contribution in [1.29, 1.82) is 0 Å². The van der Waals surface area contributed by atoms with E-state index in [1.807, 2.05) is 60.5 Å². The molecule has 0 bridgehead atoms. The fourth-order valence-electron chi connectivity index (χ4n) is 3.38. The molecule has 0 saturated carbocycles. The predicted molar refractivity (Wildman–Crippen MR) is 108 cm³/mol. The van der Waals surface area contributed by atoms with Crippen molar-refractivity contribution in [1.82, 2.24) is 15.2 Å². The van der Waals surface area contributed by atoms with E-state index in [-0.39, 0.29) is 5.91 Å². The van der Waals surface area contributed by atoms with E-state index >= 15 is 0 Å². The number of amides is 1. The minimum atomic E-state index is 0.168. The Hall–Kier alpha value is -2.73. The van der Waals surface area contributed by atoms with Crippen molar-refractivity contribution < 1.29 is 4.79 Å². The number of rotatable bonds is 4.